The number of anilines is 2. The van der Waals surface area contributed by atoms with Gasteiger partial charge in [0.05, 0.1) is 18.2 Å². The van der Waals surface area contributed by atoms with Crippen molar-refractivity contribution in [3.05, 3.63) is 59.9 Å². The molecule has 1 heterocycles. The quantitative estimate of drug-likeness (QED) is 0.806. The fourth-order valence-electron chi connectivity index (χ4n) is 2.80. The molecule has 0 saturated carbocycles. The Hall–Kier alpha value is -3.06. The molecule has 1 fully saturated rings. The third kappa shape index (κ3) is 3.94. The van der Waals surface area contributed by atoms with Gasteiger partial charge in [-0.15, -0.1) is 0 Å². The van der Waals surface area contributed by atoms with Gasteiger partial charge in [-0.05, 0) is 42.0 Å². The number of rotatable bonds is 5. The van der Waals surface area contributed by atoms with E-state index in [0.29, 0.717) is 17.9 Å². The zero-order chi connectivity index (χ0) is 18.7. The van der Waals surface area contributed by atoms with Crippen LogP contribution in [0.1, 0.15) is 18.9 Å². The molecule has 0 aliphatic carbocycles. The number of halogens is 1. The number of hydrogen-bond acceptors (Lipinski definition) is 4. The molecule has 0 unspecified atom stereocenters. The molecule has 7 heteroatoms. The lowest BCUT2D eigenvalue weighted by atomic mass is 10.2. The predicted octanol–water partition coefficient (Wildman–Crippen LogP) is 2.21. The van der Waals surface area contributed by atoms with E-state index in [2.05, 4.69) is 10.6 Å². The summed E-state index contributed by atoms with van der Waals surface area (Å²) >= 11 is 0. The Kier molecular flexibility index (Phi) is 5.09. The van der Waals surface area contributed by atoms with Crippen molar-refractivity contribution in [2.24, 2.45) is 0 Å². The Morgan fingerprint density at radius 2 is 1.77 bits per heavy atom. The number of amides is 3. The summed E-state index contributed by atoms with van der Waals surface area (Å²) in [6.45, 7) is 1.76. The SMILES string of the molecule is CC(=O)Nc1ccc(N2C(=O)C[C@@H](NCc3ccc(F)cc3)C2=O)cc1. The van der Waals surface area contributed by atoms with Crippen LogP contribution in [0.15, 0.2) is 48.5 Å². The van der Waals surface area contributed by atoms with E-state index in [0.717, 1.165) is 10.5 Å². The zero-order valence-electron chi connectivity index (χ0n) is 14.2. The number of nitrogens with one attached hydrogen (secondary N) is 2. The average molecular weight is 355 g/mol. The van der Waals surface area contributed by atoms with Gasteiger partial charge in [0.15, 0.2) is 0 Å². The fourth-order valence-corrected chi connectivity index (χ4v) is 2.80. The average Bonchev–Trinajstić information content (AvgIpc) is 2.89. The molecule has 0 spiro atoms. The summed E-state index contributed by atoms with van der Waals surface area (Å²) in [7, 11) is 0. The van der Waals surface area contributed by atoms with Crippen LogP contribution in [-0.2, 0) is 20.9 Å². The van der Waals surface area contributed by atoms with Crippen molar-refractivity contribution >= 4 is 29.1 Å². The van der Waals surface area contributed by atoms with E-state index >= 15 is 0 Å². The predicted molar refractivity (Wildman–Crippen MR) is 94.9 cm³/mol. The highest BCUT2D eigenvalue weighted by Crippen LogP contribution is 2.24. The van der Waals surface area contributed by atoms with Gasteiger partial charge < -0.3 is 10.6 Å². The van der Waals surface area contributed by atoms with E-state index < -0.39 is 6.04 Å². The molecule has 3 rings (SSSR count). The van der Waals surface area contributed by atoms with Crippen LogP contribution < -0.4 is 15.5 Å². The molecular weight excluding hydrogens is 337 g/mol. The summed E-state index contributed by atoms with van der Waals surface area (Å²) in [5.74, 6) is -1.14. The number of benzene rings is 2. The summed E-state index contributed by atoms with van der Waals surface area (Å²) in [4.78, 5) is 37.0. The van der Waals surface area contributed by atoms with Crippen molar-refractivity contribution in [2.45, 2.75) is 25.9 Å². The van der Waals surface area contributed by atoms with Crippen molar-refractivity contribution in [2.75, 3.05) is 10.2 Å². The molecule has 1 aliphatic heterocycles. The minimum absolute atomic E-state index is 0.0630. The second-order valence-electron chi connectivity index (χ2n) is 6.06. The molecule has 0 aromatic heterocycles. The van der Waals surface area contributed by atoms with Gasteiger partial charge in [-0.2, -0.15) is 0 Å². The van der Waals surface area contributed by atoms with E-state index in [9.17, 15) is 18.8 Å². The van der Waals surface area contributed by atoms with Crippen molar-refractivity contribution < 1.29 is 18.8 Å². The highest BCUT2D eigenvalue weighted by molar-refractivity contribution is 6.22. The first-order chi connectivity index (χ1) is 12.4. The van der Waals surface area contributed by atoms with Gasteiger partial charge in [0.2, 0.25) is 11.8 Å². The van der Waals surface area contributed by atoms with Crippen molar-refractivity contribution in [3.8, 4) is 0 Å². The lowest BCUT2D eigenvalue weighted by molar-refractivity contribution is -0.121. The molecule has 2 aromatic carbocycles. The Morgan fingerprint density at radius 3 is 2.38 bits per heavy atom. The number of carbonyl (C=O) groups excluding carboxylic acids is 3. The van der Waals surface area contributed by atoms with Gasteiger partial charge in [-0.3, -0.25) is 14.4 Å². The molecule has 1 atom stereocenters. The highest BCUT2D eigenvalue weighted by Gasteiger charge is 2.39. The maximum Gasteiger partial charge on any atom is 0.251 e. The normalized spacial score (nSPS) is 16.8. The smallest absolute Gasteiger partial charge is 0.251 e. The van der Waals surface area contributed by atoms with Crippen molar-refractivity contribution in [1.29, 1.82) is 0 Å². The largest absolute Gasteiger partial charge is 0.326 e. The van der Waals surface area contributed by atoms with Gasteiger partial charge in [0.25, 0.3) is 5.91 Å². The minimum atomic E-state index is -0.623. The maximum absolute atomic E-state index is 12.9. The number of hydrogen-bond donors (Lipinski definition) is 2. The summed E-state index contributed by atoms with van der Waals surface area (Å²) in [5, 5.41) is 5.67. The van der Waals surface area contributed by atoms with E-state index in [-0.39, 0.29) is 30.0 Å². The molecule has 0 radical (unpaired) electrons. The highest BCUT2D eigenvalue weighted by atomic mass is 19.1. The molecule has 2 N–H and O–H groups in total. The molecule has 2 aromatic rings. The minimum Gasteiger partial charge on any atom is -0.326 e. The first-order valence-corrected chi connectivity index (χ1v) is 8.16. The molecule has 3 amide bonds. The van der Waals surface area contributed by atoms with Crippen LogP contribution in [0.5, 0.6) is 0 Å². The maximum atomic E-state index is 12.9. The van der Waals surface area contributed by atoms with Crippen LogP contribution in [0.2, 0.25) is 0 Å². The third-order valence-electron chi connectivity index (χ3n) is 4.06. The summed E-state index contributed by atoms with van der Waals surface area (Å²) < 4.78 is 12.9. The molecule has 1 saturated heterocycles. The molecule has 1 aliphatic rings. The van der Waals surface area contributed by atoms with Crippen molar-refractivity contribution in [3.63, 3.8) is 0 Å². The monoisotopic (exact) mass is 355 g/mol. The molecule has 0 bridgehead atoms. The Balaban J connectivity index is 1.66. The van der Waals surface area contributed by atoms with Gasteiger partial charge in [-0.25, -0.2) is 9.29 Å². The zero-order valence-corrected chi connectivity index (χ0v) is 14.2. The summed E-state index contributed by atoms with van der Waals surface area (Å²) in [6.07, 6.45) is 0.0630. The molecule has 26 heavy (non-hydrogen) atoms. The second kappa shape index (κ2) is 7.45. The van der Waals surface area contributed by atoms with Gasteiger partial charge in [-0.1, -0.05) is 12.1 Å². The molecule has 134 valence electrons. The number of nitrogens with zero attached hydrogens (tertiary/aromatic N) is 1. The number of imide groups is 1. The van der Waals surface area contributed by atoms with E-state index in [1.54, 1.807) is 36.4 Å². The van der Waals surface area contributed by atoms with E-state index in [1.165, 1.54) is 19.1 Å². The molecule has 6 nitrogen and oxygen atoms in total. The first-order valence-electron chi connectivity index (χ1n) is 8.16. The lowest BCUT2D eigenvalue weighted by Gasteiger charge is -2.16. The van der Waals surface area contributed by atoms with Gasteiger partial charge in [0, 0.05) is 19.2 Å². The molecular formula is C19H18FN3O3. The van der Waals surface area contributed by atoms with Crippen LogP contribution >= 0.6 is 0 Å². The summed E-state index contributed by atoms with van der Waals surface area (Å²) in [5.41, 5.74) is 1.87. The fraction of sp³-hybridized carbons (Fsp3) is 0.211. The summed E-state index contributed by atoms with van der Waals surface area (Å²) in [6, 6.07) is 11.8. The lowest BCUT2D eigenvalue weighted by Crippen LogP contribution is -2.38. The number of carbonyl (C=O) groups is 3. The van der Waals surface area contributed by atoms with Crippen LogP contribution in [0.25, 0.3) is 0 Å². The van der Waals surface area contributed by atoms with Gasteiger partial charge in [0.1, 0.15) is 5.82 Å². The van der Waals surface area contributed by atoms with Crippen LogP contribution in [0.3, 0.4) is 0 Å². The first kappa shape index (κ1) is 17.8. The van der Waals surface area contributed by atoms with E-state index in [4.69, 9.17) is 0 Å². The van der Waals surface area contributed by atoms with Crippen LogP contribution in [0.4, 0.5) is 15.8 Å². The topological polar surface area (TPSA) is 78.5 Å². The van der Waals surface area contributed by atoms with Crippen molar-refractivity contribution in [1.82, 2.24) is 5.32 Å². The Bertz CT molecular complexity index is 834. The third-order valence-corrected chi connectivity index (χ3v) is 4.06. The van der Waals surface area contributed by atoms with Crippen LogP contribution in [-0.4, -0.2) is 23.8 Å². The van der Waals surface area contributed by atoms with E-state index in [1.807, 2.05) is 0 Å². The standard InChI is InChI=1S/C19H18FN3O3/c1-12(24)22-15-6-8-16(9-7-15)23-18(25)10-17(19(23)26)21-11-13-2-4-14(20)5-3-13/h2-9,17,21H,10-11H2,1H3,(H,22,24)/t17-/m1/s1. The van der Waals surface area contributed by atoms with Gasteiger partial charge >= 0.3 is 0 Å². The van der Waals surface area contributed by atoms with Crippen LogP contribution in [0, 0.1) is 5.82 Å². The Morgan fingerprint density at radius 1 is 1.12 bits per heavy atom. The Labute approximate surface area is 150 Å². The second-order valence-corrected chi connectivity index (χ2v) is 6.06.